The molecule has 2 fully saturated rings. The number of carbonyl (C=O) groups is 1. The highest BCUT2D eigenvalue weighted by Crippen LogP contribution is 2.42. The fraction of sp³-hybridized carbons (Fsp3) is 0.522. The smallest absolute Gasteiger partial charge is 0.338 e. The van der Waals surface area contributed by atoms with Crippen molar-refractivity contribution in [2.75, 3.05) is 43.9 Å². The average molecular weight is 473 g/mol. The summed E-state index contributed by atoms with van der Waals surface area (Å²) in [5, 5.41) is 10.9. The molecule has 1 aromatic carbocycles. The van der Waals surface area contributed by atoms with Gasteiger partial charge in [-0.15, -0.1) is 0 Å². The van der Waals surface area contributed by atoms with Crippen LogP contribution in [0.25, 0.3) is 0 Å². The predicted molar refractivity (Wildman–Crippen MR) is 121 cm³/mol. The summed E-state index contributed by atoms with van der Waals surface area (Å²) >= 11 is 0. The number of carbonyl (C=O) groups excluding carboxylic acids is 1. The Balaban J connectivity index is 1.15. The molecule has 2 saturated heterocycles. The van der Waals surface area contributed by atoms with Gasteiger partial charge in [-0.25, -0.2) is 23.2 Å². The molecular formula is C23H28N4O5S. The van der Waals surface area contributed by atoms with Crippen LogP contribution < -0.4 is 4.90 Å². The minimum atomic E-state index is -3.34. The summed E-state index contributed by atoms with van der Waals surface area (Å²) in [5.41, 5.74) is 3.53. The average Bonchev–Trinajstić information content (AvgIpc) is 3.14. The Morgan fingerprint density at radius 1 is 1.18 bits per heavy atom. The molecule has 0 bridgehead atoms. The van der Waals surface area contributed by atoms with E-state index < -0.39 is 15.9 Å². The first-order valence-corrected chi connectivity index (χ1v) is 13.0. The summed E-state index contributed by atoms with van der Waals surface area (Å²) in [7, 11) is -3.34. The summed E-state index contributed by atoms with van der Waals surface area (Å²) in [6, 6.07) is 3.60. The lowest BCUT2D eigenvalue weighted by molar-refractivity contribution is 0.0423. The fourth-order valence-corrected chi connectivity index (χ4v) is 5.68. The first-order chi connectivity index (χ1) is 15.7. The van der Waals surface area contributed by atoms with Gasteiger partial charge in [0.15, 0.2) is 14.9 Å². The number of β-amino-alcohol motifs (C(OH)–C–C–N with tert-alkyl or cyclic N) is 1. The third-order valence-electron chi connectivity index (χ3n) is 7.29. The lowest BCUT2D eigenvalue weighted by atomic mass is 9.72. The number of benzene rings is 1. The van der Waals surface area contributed by atoms with Crippen LogP contribution in [-0.4, -0.2) is 73.3 Å². The van der Waals surface area contributed by atoms with E-state index in [0.29, 0.717) is 17.9 Å². The number of cyclic esters (lactones) is 1. The Bertz CT molecular complexity index is 1180. The monoisotopic (exact) mass is 472 g/mol. The maximum absolute atomic E-state index is 11.8. The van der Waals surface area contributed by atoms with Crippen molar-refractivity contribution in [1.29, 1.82) is 0 Å². The molecule has 1 spiro atoms. The van der Waals surface area contributed by atoms with Crippen LogP contribution in [0.1, 0.15) is 46.0 Å². The molecule has 3 aliphatic heterocycles. The first-order valence-electron chi connectivity index (χ1n) is 11.1. The van der Waals surface area contributed by atoms with Crippen LogP contribution in [0.4, 0.5) is 5.82 Å². The maximum Gasteiger partial charge on any atom is 0.338 e. The van der Waals surface area contributed by atoms with Crippen LogP contribution in [0.5, 0.6) is 0 Å². The Hall–Kier alpha value is -2.56. The van der Waals surface area contributed by atoms with Gasteiger partial charge in [0.2, 0.25) is 0 Å². The largest absolute Gasteiger partial charge is 0.457 e. The number of likely N-dealkylation sites (tertiary alicyclic amines) is 1. The Morgan fingerprint density at radius 3 is 2.55 bits per heavy atom. The van der Waals surface area contributed by atoms with Crippen molar-refractivity contribution in [3.05, 3.63) is 46.8 Å². The van der Waals surface area contributed by atoms with Crippen molar-refractivity contribution in [3.8, 4) is 0 Å². The minimum Gasteiger partial charge on any atom is -0.457 e. The second-order valence-electron chi connectivity index (χ2n) is 9.54. The van der Waals surface area contributed by atoms with Gasteiger partial charge in [-0.1, -0.05) is 6.07 Å². The van der Waals surface area contributed by atoms with E-state index in [4.69, 9.17) is 4.74 Å². The van der Waals surface area contributed by atoms with Crippen molar-refractivity contribution in [2.24, 2.45) is 5.41 Å². The summed E-state index contributed by atoms with van der Waals surface area (Å²) in [6.07, 6.45) is 5.45. The fourth-order valence-electron chi connectivity index (χ4n) is 5.19. The number of hydrogen-bond donors (Lipinski definition) is 1. The Morgan fingerprint density at radius 2 is 1.91 bits per heavy atom. The molecule has 0 amide bonds. The van der Waals surface area contributed by atoms with Crippen LogP contribution in [0.3, 0.4) is 0 Å². The molecule has 176 valence electrons. The number of sulfone groups is 1. The zero-order valence-corrected chi connectivity index (χ0v) is 19.6. The normalized spacial score (nSPS) is 20.9. The lowest BCUT2D eigenvalue weighted by Gasteiger charge is -2.54. The van der Waals surface area contributed by atoms with Gasteiger partial charge in [0, 0.05) is 36.9 Å². The molecule has 1 N–H and O–H groups in total. The second kappa shape index (κ2) is 8.03. The zero-order valence-electron chi connectivity index (χ0n) is 18.8. The lowest BCUT2D eigenvalue weighted by Crippen LogP contribution is -2.61. The van der Waals surface area contributed by atoms with Gasteiger partial charge < -0.3 is 19.6 Å². The summed E-state index contributed by atoms with van der Waals surface area (Å²) in [6.45, 7) is 6.38. The molecule has 9 nitrogen and oxygen atoms in total. The first kappa shape index (κ1) is 22.2. The maximum atomic E-state index is 11.8. The summed E-state index contributed by atoms with van der Waals surface area (Å²) in [5.74, 6) is 0.419. The minimum absolute atomic E-state index is 0.00825. The van der Waals surface area contributed by atoms with Gasteiger partial charge in [-0.3, -0.25) is 0 Å². The topological polar surface area (TPSA) is 113 Å². The number of aliphatic hydroxyl groups is 1. The Kier molecular flexibility index (Phi) is 5.42. The van der Waals surface area contributed by atoms with Crippen molar-refractivity contribution < 1.29 is 23.1 Å². The van der Waals surface area contributed by atoms with E-state index in [1.165, 1.54) is 12.4 Å². The molecule has 4 heterocycles. The van der Waals surface area contributed by atoms with E-state index >= 15 is 0 Å². The number of hydrogen-bond acceptors (Lipinski definition) is 9. The molecule has 0 radical (unpaired) electrons. The van der Waals surface area contributed by atoms with E-state index in [9.17, 15) is 18.3 Å². The second-order valence-corrected chi connectivity index (χ2v) is 11.5. The molecule has 10 heteroatoms. The number of esters is 1. The van der Waals surface area contributed by atoms with Gasteiger partial charge in [0.25, 0.3) is 0 Å². The van der Waals surface area contributed by atoms with Crippen LogP contribution in [0.2, 0.25) is 0 Å². The molecular weight excluding hydrogens is 444 g/mol. The van der Waals surface area contributed by atoms with Gasteiger partial charge in [-0.2, -0.15) is 0 Å². The van der Waals surface area contributed by atoms with Crippen LogP contribution >= 0.6 is 0 Å². The molecule has 0 aliphatic carbocycles. The molecule has 1 atom stereocenters. The number of aliphatic hydroxyl groups excluding tert-OH is 1. The third kappa shape index (κ3) is 4.11. The number of aromatic nitrogens is 2. The van der Waals surface area contributed by atoms with Crippen molar-refractivity contribution in [1.82, 2.24) is 14.9 Å². The highest BCUT2D eigenvalue weighted by atomic mass is 32.2. The van der Waals surface area contributed by atoms with Crippen LogP contribution in [0, 0.1) is 12.3 Å². The third-order valence-corrected chi connectivity index (χ3v) is 8.26. The number of piperidine rings is 1. The molecule has 2 aromatic rings. The van der Waals surface area contributed by atoms with E-state index in [1.54, 1.807) is 6.07 Å². The van der Waals surface area contributed by atoms with E-state index in [-0.39, 0.29) is 23.0 Å². The van der Waals surface area contributed by atoms with Crippen molar-refractivity contribution in [2.45, 2.75) is 37.5 Å². The van der Waals surface area contributed by atoms with Gasteiger partial charge in [0.05, 0.1) is 24.1 Å². The van der Waals surface area contributed by atoms with Gasteiger partial charge in [-0.05, 0) is 50.0 Å². The van der Waals surface area contributed by atoms with Crippen molar-refractivity contribution >= 4 is 21.6 Å². The Labute approximate surface area is 193 Å². The number of nitrogens with zero attached hydrogens (tertiary/aromatic N) is 4. The SMILES string of the molecule is Cc1c(C(O)CN2CCC3(CC2)CN(c2cnc(S(C)(=O)=O)cn2)C3)ccc2c1COC2=O. The number of anilines is 1. The molecule has 0 saturated carbocycles. The highest BCUT2D eigenvalue weighted by Gasteiger charge is 2.45. The number of rotatable bonds is 5. The highest BCUT2D eigenvalue weighted by molar-refractivity contribution is 7.90. The van der Waals surface area contributed by atoms with E-state index in [0.717, 1.165) is 62.0 Å². The molecule has 5 rings (SSSR count). The summed E-state index contributed by atoms with van der Waals surface area (Å²) < 4.78 is 28.2. The van der Waals surface area contributed by atoms with Gasteiger partial charge >= 0.3 is 5.97 Å². The molecule has 1 aromatic heterocycles. The summed E-state index contributed by atoms with van der Waals surface area (Å²) in [4.78, 5) is 24.5. The van der Waals surface area contributed by atoms with Gasteiger partial charge in [0.1, 0.15) is 12.4 Å². The predicted octanol–water partition coefficient (Wildman–Crippen LogP) is 1.49. The number of ether oxygens (including phenoxy) is 1. The quantitative estimate of drug-likeness (QED) is 0.647. The zero-order chi connectivity index (χ0) is 23.4. The molecule has 1 unspecified atom stereocenters. The van der Waals surface area contributed by atoms with Crippen molar-refractivity contribution in [3.63, 3.8) is 0 Å². The van der Waals surface area contributed by atoms with E-state index in [1.807, 2.05) is 13.0 Å². The van der Waals surface area contributed by atoms with Crippen LogP contribution in [0.15, 0.2) is 29.6 Å². The van der Waals surface area contributed by atoms with E-state index in [2.05, 4.69) is 19.8 Å². The molecule has 3 aliphatic rings. The van der Waals surface area contributed by atoms with Crippen LogP contribution in [-0.2, 0) is 21.2 Å². The number of fused-ring (bicyclic) bond motifs is 1. The molecule has 33 heavy (non-hydrogen) atoms. The standard InChI is InChI=1S/C23H28N4O5S/c1-15-16(3-4-17-18(15)12-32-22(17)29)19(28)11-26-7-5-23(6-8-26)13-27(14-23)20-9-25-21(10-24-20)33(2,30)31/h3-4,9-10,19,28H,5-8,11-14H2,1-2H3.